The van der Waals surface area contributed by atoms with Gasteiger partial charge in [-0.15, -0.1) is 0 Å². The zero-order chi connectivity index (χ0) is 13.1. The number of benzene rings is 2. The smallest absolute Gasteiger partial charge is 0.137 e. The van der Waals surface area contributed by atoms with Crippen LogP contribution in [0.5, 0.6) is 0 Å². The number of rotatable bonds is 3. The average Bonchev–Trinajstić information content (AvgIpc) is 2.29. The Labute approximate surface area is 113 Å². The van der Waals surface area contributed by atoms with Crippen molar-refractivity contribution in [3.05, 3.63) is 63.6 Å². The minimum Gasteiger partial charge on any atom is -0.381 e. The van der Waals surface area contributed by atoms with Gasteiger partial charge in [0.05, 0.1) is 4.47 Å². The van der Waals surface area contributed by atoms with Crippen molar-refractivity contribution in [2.75, 3.05) is 5.32 Å². The molecular weight excluding hydrogens is 300 g/mol. The van der Waals surface area contributed by atoms with Crippen LogP contribution in [0, 0.1) is 18.6 Å². The fourth-order valence-corrected chi connectivity index (χ4v) is 1.94. The molecule has 1 nitrogen and oxygen atoms in total. The van der Waals surface area contributed by atoms with E-state index in [0.717, 1.165) is 11.1 Å². The maximum absolute atomic E-state index is 13.3. The van der Waals surface area contributed by atoms with E-state index in [4.69, 9.17) is 0 Å². The molecular formula is C14H12BrF2N. The highest BCUT2D eigenvalue weighted by Gasteiger charge is 2.02. The monoisotopic (exact) mass is 311 g/mol. The van der Waals surface area contributed by atoms with Crippen LogP contribution in [0.1, 0.15) is 11.1 Å². The number of anilines is 1. The lowest BCUT2D eigenvalue weighted by atomic mass is 10.2. The highest BCUT2D eigenvalue weighted by Crippen LogP contribution is 2.18. The van der Waals surface area contributed by atoms with Gasteiger partial charge in [-0.2, -0.15) is 0 Å². The summed E-state index contributed by atoms with van der Waals surface area (Å²) in [6.07, 6.45) is 0. The first-order chi connectivity index (χ1) is 8.54. The highest BCUT2D eigenvalue weighted by atomic mass is 79.9. The standard InChI is InChI=1S/C14H12BrF2N/c1-9-4-11(16)7-12(5-9)18-8-10-2-3-13(15)14(17)6-10/h2-7,18H,8H2,1H3. The molecule has 2 rings (SSSR count). The van der Waals surface area contributed by atoms with Crippen LogP contribution < -0.4 is 5.32 Å². The summed E-state index contributed by atoms with van der Waals surface area (Å²) < 4.78 is 26.9. The molecule has 0 saturated carbocycles. The average molecular weight is 312 g/mol. The molecule has 0 atom stereocenters. The van der Waals surface area contributed by atoms with Gasteiger partial charge < -0.3 is 5.32 Å². The number of hydrogen-bond acceptors (Lipinski definition) is 1. The van der Waals surface area contributed by atoms with E-state index in [2.05, 4.69) is 21.2 Å². The van der Waals surface area contributed by atoms with E-state index in [1.807, 2.05) is 19.1 Å². The highest BCUT2D eigenvalue weighted by molar-refractivity contribution is 9.10. The van der Waals surface area contributed by atoms with E-state index >= 15 is 0 Å². The fourth-order valence-electron chi connectivity index (χ4n) is 1.69. The molecule has 2 aromatic rings. The predicted octanol–water partition coefficient (Wildman–Crippen LogP) is 4.65. The fraction of sp³-hybridized carbons (Fsp3) is 0.143. The van der Waals surface area contributed by atoms with Gasteiger partial charge in [-0.1, -0.05) is 6.07 Å². The second-order valence-corrected chi connectivity index (χ2v) is 4.97. The molecule has 0 fully saturated rings. The van der Waals surface area contributed by atoms with Gasteiger partial charge in [-0.3, -0.25) is 0 Å². The van der Waals surface area contributed by atoms with E-state index < -0.39 is 0 Å². The first-order valence-corrected chi connectivity index (χ1v) is 6.29. The normalized spacial score (nSPS) is 10.4. The maximum atomic E-state index is 13.3. The van der Waals surface area contributed by atoms with Gasteiger partial charge in [0.1, 0.15) is 11.6 Å². The number of aryl methyl sites for hydroxylation is 1. The molecule has 0 aliphatic heterocycles. The second kappa shape index (κ2) is 5.48. The maximum Gasteiger partial charge on any atom is 0.137 e. The van der Waals surface area contributed by atoms with Gasteiger partial charge in [0, 0.05) is 12.2 Å². The van der Waals surface area contributed by atoms with Crippen LogP contribution >= 0.6 is 15.9 Å². The van der Waals surface area contributed by atoms with Crippen LogP contribution in [0.4, 0.5) is 14.5 Å². The molecule has 0 unspecified atom stereocenters. The summed E-state index contributed by atoms with van der Waals surface area (Å²) in [6, 6.07) is 9.64. The van der Waals surface area contributed by atoms with Gasteiger partial charge in [-0.05, 0) is 64.3 Å². The first kappa shape index (κ1) is 13.0. The minimum absolute atomic E-state index is 0.278. The lowest BCUT2D eigenvalue weighted by Gasteiger charge is -2.08. The summed E-state index contributed by atoms with van der Waals surface area (Å²) in [5.41, 5.74) is 2.34. The molecule has 0 amide bonds. The van der Waals surface area contributed by atoms with Crippen LogP contribution in [0.25, 0.3) is 0 Å². The number of halogens is 3. The van der Waals surface area contributed by atoms with Crippen LogP contribution in [-0.2, 0) is 6.54 Å². The Balaban J connectivity index is 2.08. The van der Waals surface area contributed by atoms with Crippen molar-refractivity contribution >= 4 is 21.6 Å². The Kier molecular flexibility index (Phi) is 3.97. The summed E-state index contributed by atoms with van der Waals surface area (Å²) in [4.78, 5) is 0. The zero-order valence-electron chi connectivity index (χ0n) is 9.81. The largest absolute Gasteiger partial charge is 0.381 e. The Morgan fingerprint density at radius 3 is 2.56 bits per heavy atom. The Morgan fingerprint density at radius 2 is 1.89 bits per heavy atom. The van der Waals surface area contributed by atoms with E-state index in [-0.39, 0.29) is 11.6 Å². The predicted molar refractivity (Wildman–Crippen MR) is 72.6 cm³/mol. The van der Waals surface area contributed by atoms with Crippen LogP contribution in [0.15, 0.2) is 40.9 Å². The Hall–Kier alpha value is -1.42. The van der Waals surface area contributed by atoms with Gasteiger partial charge in [0.15, 0.2) is 0 Å². The van der Waals surface area contributed by atoms with Gasteiger partial charge in [0.25, 0.3) is 0 Å². The van der Waals surface area contributed by atoms with E-state index in [0.29, 0.717) is 16.7 Å². The summed E-state index contributed by atoms with van der Waals surface area (Å²) >= 11 is 3.10. The Bertz CT molecular complexity index is 549. The lowest BCUT2D eigenvalue weighted by molar-refractivity contribution is 0.619. The van der Waals surface area contributed by atoms with Crippen molar-refractivity contribution < 1.29 is 8.78 Å². The number of nitrogens with one attached hydrogen (secondary N) is 1. The molecule has 0 aliphatic carbocycles. The molecule has 0 heterocycles. The van der Waals surface area contributed by atoms with Crippen molar-refractivity contribution in [2.45, 2.75) is 13.5 Å². The number of hydrogen-bond donors (Lipinski definition) is 1. The Morgan fingerprint density at radius 1 is 1.11 bits per heavy atom. The van der Waals surface area contributed by atoms with Crippen LogP contribution in [0.3, 0.4) is 0 Å². The van der Waals surface area contributed by atoms with Crippen molar-refractivity contribution in [2.24, 2.45) is 0 Å². The zero-order valence-corrected chi connectivity index (χ0v) is 11.4. The molecule has 94 valence electrons. The summed E-state index contributed by atoms with van der Waals surface area (Å²) in [7, 11) is 0. The van der Waals surface area contributed by atoms with Gasteiger partial charge in [0.2, 0.25) is 0 Å². The lowest BCUT2D eigenvalue weighted by Crippen LogP contribution is -2.00. The molecule has 0 aliphatic rings. The quantitative estimate of drug-likeness (QED) is 0.870. The second-order valence-electron chi connectivity index (χ2n) is 4.12. The van der Waals surface area contributed by atoms with Crippen molar-refractivity contribution in [1.29, 1.82) is 0 Å². The summed E-state index contributed by atoms with van der Waals surface area (Å²) in [5.74, 6) is -0.579. The van der Waals surface area contributed by atoms with Gasteiger partial charge in [-0.25, -0.2) is 8.78 Å². The molecule has 1 N–H and O–H groups in total. The molecule has 18 heavy (non-hydrogen) atoms. The molecule has 0 spiro atoms. The summed E-state index contributed by atoms with van der Waals surface area (Å²) in [5, 5.41) is 3.07. The van der Waals surface area contributed by atoms with Crippen LogP contribution in [0.2, 0.25) is 0 Å². The van der Waals surface area contributed by atoms with Crippen molar-refractivity contribution in [3.63, 3.8) is 0 Å². The van der Waals surface area contributed by atoms with Crippen molar-refractivity contribution in [3.8, 4) is 0 Å². The van der Waals surface area contributed by atoms with E-state index in [1.165, 1.54) is 18.2 Å². The third kappa shape index (κ3) is 3.29. The third-order valence-corrected chi connectivity index (χ3v) is 3.17. The molecule has 0 bridgehead atoms. The molecule has 2 aromatic carbocycles. The summed E-state index contributed by atoms with van der Waals surface area (Å²) in [6.45, 7) is 2.28. The minimum atomic E-state index is -0.301. The SMILES string of the molecule is Cc1cc(F)cc(NCc2ccc(Br)c(F)c2)c1. The molecule has 4 heteroatoms. The van der Waals surface area contributed by atoms with E-state index in [9.17, 15) is 8.78 Å². The van der Waals surface area contributed by atoms with Crippen molar-refractivity contribution in [1.82, 2.24) is 0 Å². The molecule has 0 saturated heterocycles. The topological polar surface area (TPSA) is 12.0 Å². The van der Waals surface area contributed by atoms with Gasteiger partial charge >= 0.3 is 0 Å². The third-order valence-electron chi connectivity index (χ3n) is 2.52. The van der Waals surface area contributed by atoms with E-state index in [1.54, 1.807) is 6.07 Å². The first-order valence-electron chi connectivity index (χ1n) is 5.49. The molecule has 0 aromatic heterocycles. The van der Waals surface area contributed by atoms with Crippen LogP contribution in [-0.4, -0.2) is 0 Å². The molecule has 0 radical (unpaired) electrons.